The molecule has 0 heterocycles. The fraction of sp³-hybridized carbons (Fsp3) is 0.417. The number of hydrogen-bond acceptors (Lipinski definition) is 3. The summed E-state index contributed by atoms with van der Waals surface area (Å²) in [4.78, 5) is 12.6. The van der Waals surface area contributed by atoms with Crippen molar-refractivity contribution >= 4 is 17.5 Å². The molecule has 0 bridgehead atoms. The number of nitrogens with zero attached hydrogens (tertiary/aromatic N) is 1. The molecule has 94 valence electrons. The lowest BCUT2D eigenvalue weighted by Crippen LogP contribution is -2.31. The van der Waals surface area contributed by atoms with Crippen LogP contribution in [0.2, 0.25) is 5.02 Å². The van der Waals surface area contributed by atoms with Gasteiger partial charge in [-0.3, -0.25) is 4.79 Å². The Morgan fingerprint density at radius 3 is 2.76 bits per heavy atom. The predicted molar refractivity (Wildman–Crippen MR) is 66.4 cm³/mol. The van der Waals surface area contributed by atoms with E-state index in [0.29, 0.717) is 23.7 Å². The first-order chi connectivity index (χ1) is 8.08. The average Bonchev–Trinajstić information content (AvgIpc) is 2.35. The van der Waals surface area contributed by atoms with E-state index in [1.807, 2.05) is 12.1 Å². The topological polar surface area (TPSA) is 49.8 Å². The standard InChI is InChI=1S/C12H16ClNO3/c1-14(12(16)8-15)6-5-9-3-4-10(17-2)7-11(9)13/h3-4,7,15H,5-6,8H2,1-2H3. The second-order valence-corrected chi connectivity index (χ2v) is 4.09. The van der Waals surface area contributed by atoms with E-state index in [2.05, 4.69) is 0 Å². The zero-order valence-corrected chi connectivity index (χ0v) is 10.7. The number of rotatable bonds is 5. The lowest BCUT2D eigenvalue weighted by Gasteiger charge is -2.16. The minimum atomic E-state index is -0.465. The Labute approximate surface area is 106 Å². The molecule has 5 heteroatoms. The van der Waals surface area contributed by atoms with Gasteiger partial charge in [-0.25, -0.2) is 0 Å². The summed E-state index contributed by atoms with van der Waals surface area (Å²) >= 11 is 6.07. The van der Waals surface area contributed by atoms with E-state index in [1.54, 1.807) is 20.2 Å². The first-order valence-electron chi connectivity index (χ1n) is 5.25. The first-order valence-corrected chi connectivity index (χ1v) is 5.63. The number of carbonyl (C=O) groups excluding carboxylic acids is 1. The second-order valence-electron chi connectivity index (χ2n) is 3.68. The van der Waals surface area contributed by atoms with Crippen LogP contribution in [0.4, 0.5) is 0 Å². The van der Waals surface area contributed by atoms with Crippen LogP contribution in [0.15, 0.2) is 18.2 Å². The van der Waals surface area contributed by atoms with E-state index in [9.17, 15) is 4.79 Å². The van der Waals surface area contributed by atoms with Crippen molar-refractivity contribution in [1.82, 2.24) is 4.90 Å². The molecule has 1 aromatic rings. The van der Waals surface area contributed by atoms with Crippen molar-refractivity contribution in [2.45, 2.75) is 6.42 Å². The fourth-order valence-corrected chi connectivity index (χ4v) is 1.66. The monoisotopic (exact) mass is 257 g/mol. The summed E-state index contributed by atoms with van der Waals surface area (Å²) in [5, 5.41) is 9.31. The van der Waals surface area contributed by atoms with Gasteiger partial charge >= 0.3 is 0 Å². The molecular formula is C12H16ClNO3. The smallest absolute Gasteiger partial charge is 0.248 e. The molecule has 0 saturated heterocycles. The Balaban J connectivity index is 2.60. The zero-order valence-electron chi connectivity index (χ0n) is 9.94. The average molecular weight is 258 g/mol. The minimum Gasteiger partial charge on any atom is -0.497 e. The summed E-state index contributed by atoms with van der Waals surface area (Å²) in [6.07, 6.45) is 0.644. The van der Waals surface area contributed by atoms with Gasteiger partial charge in [0, 0.05) is 18.6 Å². The Morgan fingerprint density at radius 1 is 1.53 bits per heavy atom. The van der Waals surface area contributed by atoms with E-state index in [1.165, 1.54) is 4.90 Å². The molecule has 1 N–H and O–H groups in total. The summed E-state index contributed by atoms with van der Waals surface area (Å²) in [5.41, 5.74) is 0.949. The number of aliphatic hydroxyl groups excluding tert-OH is 1. The van der Waals surface area contributed by atoms with Gasteiger partial charge in [-0.05, 0) is 24.1 Å². The molecule has 0 atom stereocenters. The molecule has 0 radical (unpaired) electrons. The number of ether oxygens (including phenoxy) is 1. The van der Waals surface area contributed by atoms with Gasteiger partial charge in [-0.15, -0.1) is 0 Å². The summed E-state index contributed by atoms with van der Waals surface area (Å²) in [6, 6.07) is 5.44. The van der Waals surface area contributed by atoms with Gasteiger partial charge in [0.15, 0.2) is 0 Å². The highest BCUT2D eigenvalue weighted by atomic mass is 35.5. The molecule has 0 saturated carbocycles. The summed E-state index contributed by atoms with van der Waals surface area (Å²) < 4.78 is 5.05. The lowest BCUT2D eigenvalue weighted by molar-refractivity contribution is -0.132. The number of halogens is 1. The van der Waals surface area contributed by atoms with Crippen LogP contribution in [0, 0.1) is 0 Å². The molecule has 4 nitrogen and oxygen atoms in total. The fourth-order valence-electron chi connectivity index (χ4n) is 1.39. The zero-order chi connectivity index (χ0) is 12.8. The molecule has 1 amide bonds. The highest BCUT2D eigenvalue weighted by molar-refractivity contribution is 6.31. The Hall–Kier alpha value is -1.26. The highest BCUT2D eigenvalue weighted by Gasteiger charge is 2.08. The highest BCUT2D eigenvalue weighted by Crippen LogP contribution is 2.22. The van der Waals surface area contributed by atoms with E-state index in [0.717, 1.165) is 5.56 Å². The third-order valence-corrected chi connectivity index (χ3v) is 2.89. The normalized spacial score (nSPS) is 10.1. The molecule has 0 aromatic heterocycles. The maximum atomic E-state index is 11.1. The van der Waals surface area contributed by atoms with Crippen molar-refractivity contribution in [2.75, 3.05) is 27.3 Å². The number of methoxy groups -OCH3 is 1. The summed E-state index contributed by atoms with van der Waals surface area (Å²) in [6.45, 7) is 0.0539. The number of aliphatic hydroxyl groups is 1. The molecule has 0 aliphatic heterocycles. The van der Waals surface area contributed by atoms with Crippen molar-refractivity contribution in [2.24, 2.45) is 0 Å². The Bertz CT molecular complexity index is 395. The number of likely N-dealkylation sites (N-methyl/N-ethyl adjacent to an activating group) is 1. The molecular weight excluding hydrogens is 242 g/mol. The quantitative estimate of drug-likeness (QED) is 0.866. The minimum absolute atomic E-state index is 0.297. The van der Waals surface area contributed by atoms with Crippen molar-refractivity contribution in [3.63, 3.8) is 0 Å². The molecule has 0 fully saturated rings. The maximum Gasteiger partial charge on any atom is 0.248 e. The molecule has 0 aliphatic carbocycles. The van der Waals surface area contributed by atoms with Crippen LogP contribution in [0.3, 0.4) is 0 Å². The van der Waals surface area contributed by atoms with Crippen LogP contribution in [0.25, 0.3) is 0 Å². The second kappa shape index (κ2) is 6.47. The van der Waals surface area contributed by atoms with E-state index >= 15 is 0 Å². The number of carbonyl (C=O) groups is 1. The SMILES string of the molecule is COc1ccc(CCN(C)C(=O)CO)c(Cl)c1. The van der Waals surface area contributed by atoms with Gasteiger partial charge in [-0.2, -0.15) is 0 Å². The van der Waals surface area contributed by atoms with Crippen LogP contribution in [-0.4, -0.2) is 43.2 Å². The molecule has 0 unspecified atom stereocenters. The van der Waals surface area contributed by atoms with Crippen LogP contribution >= 0.6 is 11.6 Å². The van der Waals surface area contributed by atoms with E-state index < -0.39 is 6.61 Å². The van der Waals surface area contributed by atoms with Gasteiger partial charge in [0.2, 0.25) is 5.91 Å². The van der Waals surface area contributed by atoms with Crippen molar-refractivity contribution in [3.8, 4) is 5.75 Å². The van der Waals surface area contributed by atoms with Crippen molar-refractivity contribution in [3.05, 3.63) is 28.8 Å². The number of amides is 1. The van der Waals surface area contributed by atoms with Gasteiger partial charge in [0.1, 0.15) is 12.4 Å². The predicted octanol–water partition coefficient (Wildman–Crippen LogP) is 1.34. The first kappa shape index (κ1) is 13.8. The van der Waals surface area contributed by atoms with Crippen LogP contribution in [0.5, 0.6) is 5.75 Å². The van der Waals surface area contributed by atoms with Crippen LogP contribution in [-0.2, 0) is 11.2 Å². The van der Waals surface area contributed by atoms with Gasteiger partial charge in [0.05, 0.1) is 7.11 Å². The molecule has 0 aliphatic rings. The summed E-state index contributed by atoms with van der Waals surface area (Å²) in [5.74, 6) is 0.410. The van der Waals surface area contributed by atoms with Crippen molar-refractivity contribution < 1.29 is 14.6 Å². The number of hydrogen-bond donors (Lipinski definition) is 1. The Morgan fingerprint density at radius 2 is 2.24 bits per heavy atom. The molecule has 0 spiro atoms. The van der Waals surface area contributed by atoms with Crippen LogP contribution in [0.1, 0.15) is 5.56 Å². The van der Waals surface area contributed by atoms with Crippen molar-refractivity contribution in [1.29, 1.82) is 0 Å². The largest absolute Gasteiger partial charge is 0.497 e. The van der Waals surface area contributed by atoms with Crippen LogP contribution < -0.4 is 4.74 Å². The van der Waals surface area contributed by atoms with E-state index in [-0.39, 0.29) is 5.91 Å². The maximum absolute atomic E-state index is 11.1. The van der Waals surface area contributed by atoms with Gasteiger partial charge in [0.25, 0.3) is 0 Å². The van der Waals surface area contributed by atoms with Gasteiger partial charge in [-0.1, -0.05) is 17.7 Å². The molecule has 1 aromatic carbocycles. The molecule has 17 heavy (non-hydrogen) atoms. The Kier molecular flexibility index (Phi) is 5.25. The number of benzene rings is 1. The molecule has 1 rings (SSSR count). The lowest BCUT2D eigenvalue weighted by atomic mass is 10.1. The van der Waals surface area contributed by atoms with Gasteiger partial charge < -0.3 is 14.7 Å². The summed E-state index contributed by atoms with van der Waals surface area (Å²) in [7, 11) is 3.23. The third-order valence-electron chi connectivity index (χ3n) is 2.54. The van der Waals surface area contributed by atoms with E-state index in [4.69, 9.17) is 21.4 Å². The third kappa shape index (κ3) is 3.91.